The Morgan fingerprint density at radius 3 is 2.52 bits per heavy atom. The highest BCUT2D eigenvalue weighted by Crippen LogP contribution is 2.51. The summed E-state index contributed by atoms with van der Waals surface area (Å²) in [6, 6.07) is 1.09. The number of halogens is 1. The Morgan fingerprint density at radius 2 is 1.83 bits per heavy atom. The zero-order chi connectivity index (χ0) is 15.6. The molecule has 0 radical (unpaired) electrons. The van der Waals surface area contributed by atoms with Crippen LogP contribution in [-0.2, 0) is 4.74 Å². The number of ether oxygens (including phenoxy) is 1. The van der Waals surface area contributed by atoms with Gasteiger partial charge in [-0.05, 0) is 32.6 Å². The van der Waals surface area contributed by atoms with E-state index in [-0.39, 0.29) is 29.4 Å². The molecule has 0 aromatic rings. The van der Waals surface area contributed by atoms with Gasteiger partial charge in [0, 0.05) is 36.6 Å². The van der Waals surface area contributed by atoms with E-state index in [0.717, 1.165) is 19.1 Å². The van der Waals surface area contributed by atoms with Crippen LogP contribution >= 0.6 is 24.0 Å². The molecule has 23 heavy (non-hydrogen) atoms. The van der Waals surface area contributed by atoms with Gasteiger partial charge >= 0.3 is 0 Å². The Kier molecular flexibility index (Phi) is 7.01. The van der Waals surface area contributed by atoms with E-state index in [4.69, 9.17) is 9.73 Å². The van der Waals surface area contributed by atoms with Crippen molar-refractivity contribution in [1.82, 2.24) is 10.6 Å². The van der Waals surface area contributed by atoms with Gasteiger partial charge in [-0.3, -0.25) is 4.99 Å². The first-order chi connectivity index (χ1) is 10.6. The number of nitrogens with zero attached hydrogens (tertiary/aromatic N) is 1. The van der Waals surface area contributed by atoms with Gasteiger partial charge in [-0.15, -0.1) is 24.0 Å². The number of hydrogen-bond donors (Lipinski definition) is 2. The van der Waals surface area contributed by atoms with Crippen LogP contribution in [0.15, 0.2) is 4.99 Å². The number of fused-ring (bicyclic) bond motifs is 1. The molecule has 5 heteroatoms. The van der Waals surface area contributed by atoms with Crippen molar-refractivity contribution in [3.63, 3.8) is 0 Å². The largest absolute Gasteiger partial charge is 0.377 e. The lowest BCUT2D eigenvalue weighted by molar-refractivity contribution is -0.188. The summed E-state index contributed by atoms with van der Waals surface area (Å²) in [7, 11) is 0. The maximum absolute atomic E-state index is 6.01. The minimum atomic E-state index is 0. The first-order valence-corrected chi connectivity index (χ1v) is 9.32. The molecule has 2 aliphatic carbocycles. The third-order valence-corrected chi connectivity index (χ3v) is 5.89. The monoisotopic (exact) mass is 435 g/mol. The van der Waals surface area contributed by atoms with Gasteiger partial charge in [0.2, 0.25) is 0 Å². The predicted octanol–water partition coefficient (Wildman–Crippen LogP) is 3.70. The Labute approximate surface area is 158 Å². The van der Waals surface area contributed by atoms with Crippen molar-refractivity contribution in [3.05, 3.63) is 0 Å². The third kappa shape index (κ3) is 4.14. The van der Waals surface area contributed by atoms with Crippen molar-refractivity contribution < 1.29 is 4.74 Å². The Morgan fingerprint density at radius 1 is 1.09 bits per heavy atom. The van der Waals surface area contributed by atoms with Gasteiger partial charge in [-0.2, -0.15) is 0 Å². The molecule has 4 nitrogen and oxygen atoms in total. The minimum Gasteiger partial charge on any atom is -0.377 e. The lowest BCUT2D eigenvalue weighted by Gasteiger charge is -2.60. The number of rotatable bonds is 3. The van der Waals surface area contributed by atoms with E-state index < -0.39 is 0 Å². The maximum atomic E-state index is 6.01. The summed E-state index contributed by atoms with van der Waals surface area (Å²) in [6.07, 6.45) is 9.58. The molecule has 134 valence electrons. The van der Waals surface area contributed by atoms with Crippen LogP contribution in [0.25, 0.3) is 0 Å². The first-order valence-electron chi connectivity index (χ1n) is 9.32. The number of hydrogen-bond acceptors (Lipinski definition) is 2. The van der Waals surface area contributed by atoms with E-state index in [1.807, 2.05) is 0 Å². The average molecular weight is 435 g/mol. The van der Waals surface area contributed by atoms with E-state index >= 15 is 0 Å². The van der Waals surface area contributed by atoms with Crippen LogP contribution in [0.1, 0.15) is 65.7 Å². The molecule has 2 N–H and O–H groups in total. The second-order valence-corrected chi connectivity index (χ2v) is 7.84. The standard InChI is InChI=1S/C18H33N3O.HI/c1-4-19-17(20-13-9-6-5-7-10-13)21-15-14-11-8-12-22-16(14)18(15,2)3;/h13-16H,4-12H2,1-3H3,(H2,19,20,21);1H. The lowest BCUT2D eigenvalue weighted by atomic mass is 9.55. The summed E-state index contributed by atoms with van der Waals surface area (Å²) in [5, 5.41) is 7.44. The van der Waals surface area contributed by atoms with E-state index in [1.165, 1.54) is 44.9 Å². The van der Waals surface area contributed by atoms with Crippen LogP contribution in [0.3, 0.4) is 0 Å². The van der Waals surface area contributed by atoms with Gasteiger partial charge in [0.25, 0.3) is 0 Å². The lowest BCUT2D eigenvalue weighted by Crippen LogP contribution is -2.71. The molecule has 3 rings (SSSR count). The molecule has 0 bridgehead atoms. The molecule has 3 fully saturated rings. The van der Waals surface area contributed by atoms with Gasteiger partial charge in [-0.1, -0.05) is 33.1 Å². The maximum Gasteiger partial charge on any atom is 0.191 e. The highest BCUT2D eigenvalue weighted by Gasteiger charge is 2.58. The first kappa shape index (κ1) is 19.3. The molecule has 1 heterocycles. The SMILES string of the molecule is CCN=C(NC1CCCCC1)NC1C2CCCOC2C1(C)C.I. The normalized spacial score (nSPS) is 33.9. The quantitative estimate of drug-likeness (QED) is 0.404. The van der Waals surface area contributed by atoms with Crippen LogP contribution < -0.4 is 10.6 Å². The van der Waals surface area contributed by atoms with Crippen molar-refractivity contribution in [2.45, 2.75) is 83.9 Å². The van der Waals surface area contributed by atoms with Crippen LogP contribution in [0.2, 0.25) is 0 Å². The van der Waals surface area contributed by atoms with E-state index in [2.05, 4.69) is 31.4 Å². The van der Waals surface area contributed by atoms with Gasteiger partial charge in [0.15, 0.2) is 5.96 Å². The van der Waals surface area contributed by atoms with Crippen molar-refractivity contribution in [2.24, 2.45) is 16.3 Å². The average Bonchev–Trinajstić information content (AvgIpc) is 2.53. The van der Waals surface area contributed by atoms with Crippen LogP contribution in [0.5, 0.6) is 0 Å². The molecule has 0 amide bonds. The molecule has 0 spiro atoms. The Balaban J connectivity index is 0.00000192. The van der Waals surface area contributed by atoms with Crippen molar-refractivity contribution in [2.75, 3.05) is 13.2 Å². The molecule has 3 aliphatic rings. The fourth-order valence-electron chi connectivity index (χ4n) is 4.69. The van der Waals surface area contributed by atoms with Crippen LogP contribution in [0, 0.1) is 11.3 Å². The van der Waals surface area contributed by atoms with Crippen molar-refractivity contribution >= 4 is 29.9 Å². The van der Waals surface area contributed by atoms with Crippen molar-refractivity contribution in [1.29, 1.82) is 0 Å². The predicted molar refractivity (Wildman–Crippen MR) is 107 cm³/mol. The van der Waals surface area contributed by atoms with Crippen LogP contribution in [0.4, 0.5) is 0 Å². The van der Waals surface area contributed by atoms with Gasteiger partial charge in [-0.25, -0.2) is 0 Å². The highest BCUT2D eigenvalue weighted by atomic mass is 127. The Bertz CT molecular complexity index is 407. The van der Waals surface area contributed by atoms with E-state index in [1.54, 1.807) is 0 Å². The van der Waals surface area contributed by atoms with Gasteiger partial charge in [0.1, 0.15) is 0 Å². The van der Waals surface area contributed by atoms with Gasteiger partial charge < -0.3 is 15.4 Å². The van der Waals surface area contributed by atoms with E-state index in [0.29, 0.717) is 24.1 Å². The fourth-order valence-corrected chi connectivity index (χ4v) is 4.69. The van der Waals surface area contributed by atoms with Crippen molar-refractivity contribution in [3.8, 4) is 0 Å². The molecular weight excluding hydrogens is 401 g/mol. The number of guanidine groups is 1. The molecular formula is C18H34IN3O. The molecule has 3 unspecified atom stereocenters. The Hall–Kier alpha value is -0.0400. The molecule has 1 saturated heterocycles. The zero-order valence-corrected chi connectivity index (χ0v) is 17.3. The summed E-state index contributed by atoms with van der Waals surface area (Å²) in [5.74, 6) is 1.68. The van der Waals surface area contributed by atoms with Crippen LogP contribution in [-0.4, -0.2) is 37.3 Å². The second-order valence-electron chi connectivity index (χ2n) is 7.84. The third-order valence-electron chi connectivity index (χ3n) is 5.89. The zero-order valence-electron chi connectivity index (χ0n) is 14.9. The number of nitrogens with one attached hydrogen (secondary N) is 2. The highest BCUT2D eigenvalue weighted by molar-refractivity contribution is 14.0. The van der Waals surface area contributed by atoms with Gasteiger partial charge in [0.05, 0.1) is 6.10 Å². The molecule has 3 atom stereocenters. The fraction of sp³-hybridized carbons (Fsp3) is 0.944. The number of aliphatic imine (C=N–C) groups is 1. The molecule has 0 aromatic carbocycles. The summed E-state index contributed by atoms with van der Waals surface area (Å²) < 4.78 is 6.01. The summed E-state index contributed by atoms with van der Waals surface area (Å²) in [4.78, 5) is 4.70. The molecule has 2 saturated carbocycles. The minimum absolute atomic E-state index is 0. The summed E-state index contributed by atoms with van der Waals surface area (Å²) in [6.45, 7) is 8.55. The summed E-state index contributed by atoms with van der Waals surface area (Å²) >= 11 is 0. The topological polar surface area (TPSA) is 45.7 Å². The summed E-state index contributed by atoms with van der Waals surface area (Å²) in [5.41, 5.74) is 0.202. The van der Waals surface area contributed by atoms with E-state index in [9.17, 15) is 0 Å². The molecule has 1 aliphatic heterocycles. The smallest absolute Gasteiger partial charge is 0.191 e. The second kappa shape index (κ2) is 8.37. The molecule has 0 aromatic heterocycles.